The Balaban J connectivity index is 1.11. The number of hydrogen-bond acceptors (Lipinski definition) is 5. The van der Waals surface area contributed by atoms with Gasteiger partial charge in [-0.1, -0.05) is 30.3 Å². The molecule has 1 aromatic heterocycles. The van der Waals surface area contributed by atoms with Crippen molar-refractivity contribution in [2.45, 2.75) is 63.6 Å². The van der Waals surface area contributed by atoms with Crippen molar-refractivity contribution >= 4 is 12.0 Å². The summed E-state index contributed by atoms with van der Waals surface area (Å²) >= 11 is 0. The molecule has 0 radical (unpaired) electrons. The molecule has 1 heterocycles. The molecule has 2 fully saturated rings. The number of aromatic nitrogens is 2. The zero-order valence-electron chi connectivity index (χ0n) is 20.3. The van der Waals surface area contributed by atoms with Crippen LogP contribution < -0.4 is 4.74 Å². The van der Waals surface area contributed by atoms with Gasteiger partial charge < -0.3 is 14.4 Å². The van der Waals surface area contributed by atoms with Crippen LogP contribution in [0.5, 0.6) is 5.75 Å². The Morgan fingerprint density at radius 2 is 1.72 bits per heavy atom. The number of nitrogens with zero attached hydrogens (tertiary/aromatic N) is 3. The molecule has 3 aromatic rings. The predicted molar refractivity (Wildman–Crippen MR) is 134 cm³/mol. The van der Waals surface area contributed by atoms with Crippen molar-refractivity contribution in [2.24, 2.45) is 5.92 Å². The second kappa shape index (κ2) is 9.80. The number of aryl methyl sites for hydroxylation is 1. The highest BCUT2D eigenvalue weighted by Crippen LogP contribution is 2.35. The number of carbonyl (C=O) groups is 2. The van der Waals surface area contributed by atoms with Crippen LogP contribution in [0.2, 0.25) is 0 Å². The number of carbonyl (C=O) groups excluding carboxylic acids is 2. The quantitative estimate of drug-likeness (QED) is 0.448. The van der Waals surface area contributed by atoms with Gasteiger partial charge in [-0.05, 0) is 86.3 Å². The molecule has 3 aliphatic carbocycles. The molecule has 0 N–H and O–H groups in total. The van der Waals surface area contributed by atoms with Crippen molar-refractivity contribution in [2.75, 3.05) is 6.61 Å². The predicted octanol–water partition coefficient (Wildman–Crippen LogP) is 5.02. The van der Waals surface area contributed by atoms with Gasteiger partial charge in [-0.15, -0.1) is 0 Å². The van der Waals surface area contributed by atoms with Gasteiger partial charge in [0.05, 0.1) is 12.3 Å². The van der Waals surface area contributed by atoms with Crippen molar-refractivity contribution in [1.82, 2.24) is 14.7 Å². The van der Waals surface area contributed by atoms with Crippen LogP contribution in [0, 0.1) is 5.92 Å². The second-order valence-corrected chi connectivity index (χ2v) is 10.2. The molecule has 0 aliphatic heterocycles. The van der Waals surface area contributed by atoms with Crippen molar-refractivity contribution in [1.29, 1.82) is 0 Å². The topological polar surface area (TPSA) is 73.7 Å². The maximum Gasteiger partial charge on any atom is 0.435 e. The zero-order valence-corrected chi connectivity index (χ0v) is 20.3. The van der Waals surface area contributed by atoms with E-state index < -0.39 is 6.09 Å². The van der Waals surface area contributed by atoms with Gasteiger partial charge in [0.15, 0.2) is 0 Å². The minimum atomic E-state index is -0.482. The fourth-order valence-electron chi connectivity index (χ4n) is 4.93. The lowest BCUT2D eigenvalue weighted by Gasteiger charge is -2.34. The summed E-state index contributed by atoms with van der Waals surface area (Å²) in [6.07, 6.45) is 8.17. The highest BCUT2D eigenvalue weighted by Gasteiger charge is 2.39. The van der Waals surface area contributed by atoms with Gasteiger partial charge in [0.2, 0.25) is 0 Å². The molecule has 1 unspecified atom stereocenters. The molecule has 186 valence electrons. The molecule has 7 heteroatoms. The Labute approximate surface area is 211 Å². The zero-order chi connectivity index (χ0) is 24.5. The molecule has 36 heavy (non-hydrogen) atoms. The van der Waals surface area contributed by atoms with E-state index >= 15 is 0 Å². The maximum atomic E-state index is 13.5. The first-order chi connectivity index (χ1) is 17.6. The maximum absolute atomic E-state index is 13.5. The van der Waals surface area contributed by atoms with Gasteiger partial charge in [-0.3, -0.25) is 4.79 Å². The van der Waals surface area contributed by atoms with Crippen LogP contribution >= 0.6 is 0 Å². The van der Waals surface area contributed by atoms with Crippen LogP contribution in [0.3, 0.4) is 0 Å². The van der Waals surface area contributed by atoms with Crippen LogP contribution in [-0.2, 0) is 24.2 Å². The number of amides is 1. The number of hydrogen-bond donors (Lipinski definition) is 0. The molecule has 1 amide bonds. The third kappa shape index (κ3) is 5.15. The molecule has 2 saturated carbocycles. The standard InChI is InChI=1S/C29H31N3O4/c33-28(22-8-13-26(14-9-22)35-18-21-6-7-21)32(24-10-11-24)25-12-15-27-23(16-25)17-31(30-27)29(34)36-19-20-4-2-1-3-5-20/h1-5,8-9,13-14,17,21,24-25H,6-7,10-12,15-16,18-19H2. The van der Waals surface area contributed by atoms with Crippen molar-refractivity contribution in [3.63, 3.8) is 0 Å². The Morgan fingerprint density at radius 1 is 0.944 bits per heavy atom. The van der Waals surface area contributed by atoms with E-state index in [4.69, 9.17) is 9.47 Å². The summed E-state index contributed by atoms with van der Waals surface area (Å²) in [4.78, 5) is 28.2. The number of benzene rings is 2. The van der Waals surface area contributed by atoms with E-state index in [9.17, 15) is 9.59 Å². The lowest BCUT2D eigenvalue weighted by molar-refractivity contribution is 0.0642. The minimum Gasteiger partial charge on any atom is -0.493 e. The van der Waals surface area contributed by atoms with Crippen LogP contribution in [0.4, 0.5) is 4.79 Å². The highest BCUT2D eigenvalue weighted by atomic mass is 16.6. The molecule has 0 saturated heterocycles. The fraction of sp³-hybridized carbons (Fsp3) is 0.414. The summed E-state index contributed by atoms with van der Waals surface area (Å²) < 4.78 is 12.6. The summed E-state index contributed by atoms with van der Waals surface area (Å²) in [6, 6.07) is 17.6. The van der Waals surface area contributed by atoms with Gasteiger partial charge >= 0.3 is 6.09 Å². The Bertz CT molecular complexity index is 1230. The molecular weight excluding hydrogens is 454 g/mol. The minimum absolute atomic E-state index is 0.0781. The first-order valence-electron chi connectivity index (χ1n) is 13.0. The Hall–Kier alpha value is -3.61. The molecule has 0 bridgehead atoms. The van der Waals surface area contributed by atoms with Crippen molar-refractivity contribution in [3.8, 4) is 5.75 Å². The monoisotopic (exact) mass is 485 g/mol. The van der Waals surface area contributed by atoms with E-state index in [1.54, 1.807) is 6.20 Å². The SMILES string of the molecule is O=C(c1ccc(OCC2CC2)cc1)N(C1CC1)C1CCc2nn(C(=O)OCc3ccccc3)cc2C1. The van der Waals surface area contributed by atoms with Crippen molar-refractivity contribution < 1.29 is 19.1 Å². The number of fused-ring (bicyclic) bond motifs is 1. The summed E-state index contributed by atoms with van der Waals surface area (Å²) in [5.74, 6) is 1.60. The molecule has 3 aliphatic rings. The molecular formula is C29H31N3O4. The van der Waals surface area contributed by atoms with Crippen LogP contribution in [0.15, 0.2) is 60.8 Å². The molecule has 1 atom stereocenters. The van der Waals surface area contributed by atoms with Gasteiger partial charge in [-0.2, -0.15) is 9.78 Å². The highest BCUT2D eigenvalue weighted by molar-refractivity contribution is 5.95. The van der Waals surface area contributed by atoms with Crippen LogP contribution in [0.1, 0.15) is 59.3 Å². The average Bonchev–Trinajstić information content (AvgIpc) is 3.85. The first kappa shape index (κ1) is 22.8. The normalized spacial score (nSPS) is 18.8. The summed E-state index contributed by atoms with van der Waals surface area (Å²) in [5, 5.41) is 4.49. The van der Waals surface area contributed by atoms with E-state index in [2.05, 4.69) is 10.00 Å². The van der Waals surface area contributed by atoms with Crippen LogP contribution in [0.25, 0.3) is 0 Å². The van der Waals surface area contributed by atoms with Gasteiger partial charge in [0.25, 0.3) is 5.91 Å². The van der Waals surface area contributed by atoms with E-state index in [0.29, 0.717) is 23.9 Å². The van der Waals surface area contributed by atoms with E-state index in [0.717, 1.165) is 54.9 Å². The fourth-order valence-corrected chi connectivity index (χ4v) is 4.93. The van der Waals surface area contributed by atoms with Gasteiger partial charge in [-0.25, -0.2) is 4.79 Å². The molecule has 0 spiro atoms. The van der Waals surface area contributed by atoms with Gasteiger partial charge in [0.1, 0.15) is 12.4 Å². The largest absolute Gasteiger partial charge is 0.493 e. The smallest absolute Gasteiger partial charge is 0.435 e. The van der Waals surface area contributed by atoms with E-state index in [1.807, 2.05) is 54.6 Å². The summed E-state index contributed by atoms with van der Waals surface area (Å²) in [5.41, 5.74) is 3.57. The lowest BCUT2D eigenvalue weighted by Crippen LogP contribution is -2.44. The first-order valence-corrected chi connectivity index (χ1v) is 13.0. The number of rotatable bonds is 8. The number of ether oxygens (including phenoxy) is 2. The molecule has 2 aromatic carbocycles. The lowest BCUT2D eigenvalue weighted by atomic mass is 9.91. The van der Waals surface area contributed by atoms with E-state index in [1.165, 1.54) is 17.5 Å². The van der Waals surface area contributed by atoms with Crippen LogP contribution in [-0.4, -0.2) is 45.4 Å². The average molecular weight is 486 g/mol. The Morgan fingerprint density at radius 3 is 2.44 bits per heavy atom. The van der Waals surface area contributed by atoms with Crippen molar-refractivity contribution in [3.05, 3.63) is 83.2 Å². The third-order valence-electron chi connectivity index (χ3n) is 7.29. The molecule has 6 rings (SSSR count). The second-order valence-electron chi connectivity index (χ2n) is 10.2. The molecule has 7 nitrogen and oxygen atoms in total. The third-order valence-corrected chi connectivity index (χ3v) is 7.29. The van der Waals surface area contributed by atoms with E-state index in [-0.39, 0.29) is 18.6 Å². The van der Waals surface area contributed by atoms with Gasteiger partial charge in [0, 0.05) is 23.8 Å². The Kier molecular flexibility index (Phi) is 6.21. The summed E-state index contributed by atoms with van der Waals surface area (Å²) in [6.45, 7) is 0.973. The summed E-state index contributed by atoms with van der Waals surface area (Å²) in [7, 11) is 0.